The first kappa shape index (κ1) is 13.8. The summed E-state index contributed by atoms with van der Waals surface area (Å²) in [7, 11) is 0. The Hall–Kier alpha value is -2.62. The van der Waals surface area contributed by atoms with Gasteiger partial charge in [0.1, 0.15) is 5.75 Å². The quantitative estimate of drug-likeness (QED) is 0.647. The van der Waals surface area contributed by atoms with Gasteiger partial charge in [0.15, 0.2) is 0 Å². The molecule has 2 aromatic carbocycles. The van der Waals surface area contributed by atoms with E-state index in [2.05, 4.69) is 16.7 Å². The van der Waals surface area contributed by atoms with Crippen LogP contribution in [0.25, 0.3) is 11.1 Å². The molecule has 20 heavy (non-hydrogen) atoms. The lowest BCUT2D eigenvalue weighted by molar-refractivity contribution is 0.477. The summed E-state index contributed by atoms with van der Waals surface area (Å²) in [5.41, 5.74) is 9.92. The molecular weight excluding hydrogens is 250 g/mol. The first-order valence-electron chi connectivity index (χ1n) is 6.23. The second kappa shape index (κ2) is 5.57. The molecular formula is C16H17N3O. The molecule has 0 heterocycles. The van der Waals surface area contributed by atoms with Crippen LogP contribution in [0.15, 0.2) is 46.4 Å². The average Bonchev–Trinajstić information content (AvgIpc) is 2.43. The van der Waals surface area contributed by atoms with Crippen molar-refractivity contribution in [1.29, 1.82) is 0 Å². The Morgan fingerprint density at radius 1 is 1.10 bits per heavy atom. The van der Waals surface area contributed by atoms with Gasteiger partial charge >= 0.3 is 0 Å². The Kier molecular flexibility index (Phi) is 3.84. The summed E-state index contributed by atoms with van der Waals surface area (Å²) in [4.78, 5) is 7.65. The number of hydrogen-bond donors (Lipinski definition) is 2. The summed E-state index contributed by atoms with van der Waals surface area (Å²) >= 11 is 0. The third-order valence-electron chi connectivity index (χ3n) is 3.15. The summed E-state index contributed by atoms with van der Waals surface area (Å²) in [6, 6.07) is 11.4. The predicted octanol–water partition coefficient (Wildman–Crippen LogP) is 3.32. The van der Waals surface area contributed by atoms with Crippen LogP contribution < -0.4 is 5.73 Å². The van der Waals surface area contributed by atoms with Gasteiger partial charge < -0.3 is 10.8 Å². The molecule has 0 saturated carbocycles. The zero-order valence-corrected chi connectivity index (χ0v) is 11.6. The summed E-state index contributed by atoms with van der Waals surface area (Å²) in [5.74, 6) is 0.247. The van der Waals surface area contributed by atoms with Crippen LogP contribution in [0.5, 0.6) is 5.75 Å². The maximum absolute atomic E-state index is 10.2. The molecule has 0 aliphatic heterocycles. The molecule has 0 fully saturated rings. The summed E-state index contributed by atoms with van der Waals surface area (Å²) < 4.78 is 0. The van der Waals surface area contributed by atoms with Crippen LogP contribution in [0.1, 0.15) is 11.1 Å². The van der Waals surface area contributed by atoms with Gasteiger partial charge in [0.2, 0.25) is 5.96 Å². The number of phenolic OH excluding ortho intramolecular Hbond substituents is 1. The molecule has 0 unspecified atom stereocenters. The van der Waals surface area contributed by atoms with Gasteiger partial charge in [-0.1, -0.05) is 24.3 Å². The van der Waals surface area contributed by atoms with Crippen molar-refractivity contribution in [2.24, 2.45) is 15.7 Å². The van der Waals surface area contributed by atoms with Crippen LogP contribution in [0.3, 0.4) is 0 Å². The number of aryl methyl sites for hydroxylation is 2. The third kappa shape index (κ3) is 2.69. The van der Waals surface area contributed by atoms with Crippen molar-refractivity contribution < 1.29 is 5.11 Å². The highest BCUT2D eigenvalue weighted by Crippen LogP contribution is 2.36. The number of aromatic hydroxyl groups is 1. The molecule has 0 radical (unpaired) electrons. The van der Waals surface area contributed by atoms with Crippen LogP contribution in [-0.2, 0) is 0 Å². The van der Waals surface area contributed by atoms with Crippen molar-refractivity contribution in [1.82, 2.24) is 0 Å². The summed E-state index contributed by atoms with van der Waals surface area (Å²) in [6.45, 7) is 7.24. The number of hydrogen-bond acceptors (Lipinski definition) is 2. The Labute approximate surface area is 118 Å². The van der Waals surface area contributed by atoms with E-state index in [0.29, 0.717) is 5.69 Å². The van der Waals surface area contributed by atoms with Gasteiger partial charge in [-0.15, -0.1) is 0 Å². The van der Waals surface area contributed by atoms with Crippen LogP contribution >= 0.6 is 0 Å². The van der Waals surface area contributed by atoms with Crippen molar-refractivity contribution in [2.45, 2.75) is 13.8 Å². The van der Waals surface area contributed by atoms with Gasteiger partial charge in [0, 0.05) is 11.6 Å². The molecule has 3 N–H and O–H groups in total. The zero-order valence-electron chi connectivity index (χ0n) is 11.6. The normalized spacial score (nSPS) is 11.4. The van der Waals surface area contributed by atoms with E-state index in [-0.39, 0.29) is 11.7 Å². The molecule has 4 heteroatoms. The van der Waals surface area contributed by atoms with Crippen LogP contribution in [0, 0.1) is 13.8 Å². The van der Waals surface area contributed by atoms with E-state index in [4.69, 9.17) is 5.73 Å². The zero-order chi connectivity index (χ0) is 14.7. The molecule has 2 rings (SSSR count). The van der Waals surface area contributed by atoms with Gasteiger partial charge in [0.05, 0.1) is 5.69 Å². The Morgan fingerprint density at radius 2 is 1.80 bits per heavy atom. The largest absolute Gasteiger partial charge is 0.507 e. The molecule has 0 spiro atoms. The molecule has 2 aromatic rings. The van der Waals surface area contributed by atoms with E-state index in [1.807, 2.05) is 44.2 Å². The third-order valence-corrected chi connectivity index (χ3v) is 3.15. The number of benzene rings is 2. The van der Waals surface area contributed by atoms with Crippen molar-refractivity contribution in [3.05, 3.63) is 47.5 Å². The minimum Gasteiger partial charge on any atom is -0.507 e. The first-order valence-corrected chi connectivity index (χ1v) is 6.23. The molecule has 0 aliphatic carbocycles. The molecule has 0 atom stereocenters. The number of rotatable bonds is 2. The Morgan fingerprint density at radius 3 is 2.45 bits per heavy atom. The van der Waals surface area contributed by atoms with E-state index in [0.717, 1.165) is 22.3 Å². The van der Waals surface area contributed by atoms with Gasteiger partial charge in [-0.05, 0) is 43.3 Å². The smallest absolute Gasteiger partial charge is 0.219 e. The molecule has 4 nitrogen and oxygen atoms in total. The number of nitrogens with zero attached hydrogens (tertiary/aromatic N) is 2. The SMILES string of the molecule is C=NC(N)=Nc1cc(O)c(-c2ccccc2C)cc1C. The minimum absolute atomic E-state index is 0.0798. The second-order valence-electron chi connectivity index (χ2n) is 4.60. The fourth-order valence-electron chi connectivity index (χ4n) is 2.06. The molecule has 0 bridgehead atoms. The van der Waals surface area contributed by atoms with Crippen LogP contribution in [-0.4, -0.2) is 17.8 Å². The Bertz CT molecular complexity index is 690. The topological polar surface area (TPSA) is 71.0 Å². The highest BCUT2D eigenvalue weighted by molar-refractivity contribution is 5.86. The van der Waals surface area contributed by atoms with Crippen molar-refractivity contribution >= 4 is 18.4 Å². The lowest BCUT2D eigenvalue weighted by atomic mass is 9.97. The van der Waals surface area contributed by atoms with Crippen molar-refractivity contribution in [3.63, 3.8) is 0 Å². The lowest BCUT2D eigenvalue weighted by Crippen LogP contribution is -2.06. The maximum atomic E-state index is 10.2. The van der Waals surface area contributed by atoms with Crippen molar-refractivity contribution in [2.75, 3.05) is 0 Å². The van der Waals surface area contributed by atoms with Crippen LogP contribution in [0.2, 0.25) is 0 Å². The molecule has 0 aliphatic rings. The van der Waals surface area contributed by atoms with Crippen LogP contribution in [0.4, 0.5) is 5.69 Å². The van der Waals surface area contributed by atoms with E-state index >= 15 is 0 Å². The highest BCUT2D eigenvalue weighted by atomic mass is 16.3. The second-order valence-corrected chi connectivity index (χ2v) is 4.60. The molecule has 0 aromatic heterocycles. The molecule has 0 saturated heterocycles. The number of aliphatic imine (C=N–C) groups is 2. The minimum atomic E-state index is 0.0798. The van der Waals surface area contributed by atoms with Gasteiger partial charge in [-0.25, -0.2) is 9.98 Å². The number of guanidine groups is 1. The lowest BCUT2D eigenvalue weighted by Gasteiger charge is -2.11. The highest BCUT2D eigenvalue weighted by Gasteiger charge is 2.10. The summed E-state index contributed by atoms with van der Waals surface area (Å²) in [5, 5.41) is 10.2. The van der Waals surface area contributed by atoms with E-state index in [9.17, 15) is 5.11 Å². The predicted molar refractivity (Wildman–Crippen MR) is 83.8 cm³/mol. The van der Waals surface area contributed by atoms with Crippen molar-refractivity contribution in [3.8, 4) is 16.9 Å². The molecule has 102 valence electrons. The standard InChI is InChI=1S/C16H17N3O/c1-10-6-4-5-7-12(10)13-8-11(2)14(9-15(13)20)19-16(17)18-3/h4-9,20H,3H2,1-2H3,(H2,17,19). The Balaban J connectivity index is 2.57. The summed E-state index contributed by atoms with van der Waals surface area (Å²) in [6.07, 6.45) is 0. The fraction of sp³-hybridized carbons (Fsp3) is 0.125. The number of phenols is 1. The maximum Gasteiger partial charge on any atom is 0.219 e. The first-order chi connectivity index (χ1) is 9.52. The van der Waals surface area contributed by atoms with E-state index in [1.165, 1.54) is 0 Å². The van der Waals surface area contributed by atoms with Gasteiger partial charge in [-0.3, -0.25) is 0 Å². The van der Waals surface area contributed by atoms with Gasteiger partial charge in [0.25, 0.3) is 0 Å². The fourth-order valence-corrected chi connectivity index (χ4v) is 2.06. The monoisotopic (exact) mass is 267 g/mol. The van der Waals surface area contributed by atoms with E-state index < -0.39 is 0 Å². The number of nitrogens with two attached hydrogens (primary N) is 1. The molecule has 0 amide bonds. The van der Waals surface area contributed by atoms with Gasteiger partial charge in [-0.2, -0.15) is 0 Å². The van der Waals surface area contributed by atoms with E-state index in [1.54, 1.807) is 6.07 Å². The average molecular weight is 267 g/mol.